The van der Waals surface area contributed by atoms with Gasteiger partial charge in [-0.1, -0.05) is 13.8 Å². The molecular weight excluding hydrogens is 445 g/mol. The van der Waals surface area contributed by atoms with Gasteiger partial charge >= 0.3 is 0 Å². The Hall–Kier alpha value is -4.06. The molecule has 3 aromatic heterocycles. The van der Waals surface area contributed by atoms with Crippen LogP contribution in [-0.2, 0) is 13.0 Å². The van der Waals surface area contributed by atoms with E-state index >= 15 is 0 Å². The van der Waals surface area contributed by atoms with Crippen LogP contribution in [0.15, 0.2) is 30.7 Å². The van der Waals surface area contributed by atoms with Crippen LogP contribution in [0.2, 0.25) is 0 Å². The first-order valence-electron chi connectivity index (χ1n) is 11.9. The van der Waals surface area contributed by atoms with Crippen molar-refractivity contribution in [3.63, 3.8) is 0 Å². The Morgan fingerprint density at radius 2 is 1.97 bits per heavy atom. The fraction of sp³-hybridized carbons (Fsp3) is 0.346. The molecule has 0 radical (unpaired) electrons. The van der Waals surface area contributed by atoms with Crippen molar-refractivity contribution in [2.45, 2.75) is 52.5 Å². The summed E-state index contributed by atoms with van der Waals surface area (Å²) in [5.74, 6) is 2.24. The molecule has 1 saturated carbocycles. The van der Waals surface area contributed by atoms with E-state index in [0.29, 0.717) is 36.1 Å². The molecule has 1 N–H and O–H groups in total. The lowest BCUT2D eigenvalue weighted by Gasteiger charge is -2.13. The number of aryl methyl sites for hydroxylation is 1. The number of rotatable bonds is 5. The lowest BCUT2D eigenvalue weighted by atomic mass is 10.0. The Labute approximate surface area is 202 Å². The third kappa shape index (κ3) is 4.16. The summed E-state index contributed by atoms with van der Waals surface area (Å²) in [6.45, 7) is 6.73. The van der Waals surface area contributed by atoms with Crippen LogP contribution in [0.5, 0.6) is 5.75 Å². The summed E-state index contributed by atoms with van der Waals surface area (Å²) in [6.07, 6.45) is 8.07. The first-order valence-corrected chi connectivity index (χ1v) is 11.9. The molecule has 1 aliphatic heterocycles. The average Bonchev–Trinajstić information content (AvgIpc) is 3.45. The van der Waals surface area contributed by atoms with Gasteiger partial charge in [0.2, 0.25) is 5.95 Å². The molecule has 2 aliphatic rings. The molecule has 8 nitrogen and oxygen atoms in total. The lowest BCUT2D eigenvalue weighted by molar-refractivity contribution is 0.356. The summed E-state index contributed by atoms with van der Waals surface area (Å²) in [5, 5.41) is 12.7. The van der Waals surface area contributed by atoms with Crippen LogP contribution in [0.4, 0.5) is 10.3 Å². The summed E-state index contributed by atoms with van der Waals surface area (Å²) in [7, 11) is 0. The maximum atomic E-state index is 14.6. The standard InChI is InChI=1S/C24H20FN7O.C2H6/c1-13-17(9-27-22(30-13)14-2-3-14)19-11-29-24(32-12-15(8-26)31-23(19)32)28-10-18-16-6-7-33-21(16)5-4-20(18)25;1-2/h4-5,9,11-12,14H,2-3,6-7,10H2,1H3,(H,28,29);1-2H3. The number of imidazole rings is 1. The van der Waals surface area contributed by atoms with E-state index in [0.717, 1.165) is 46.8 Å². The van der Waals surface area contributed by atoms with E-state index in [9.17, 15) is 9.65 Å². The van der Waals surface area contributed by atoms with Gasteiger partial charge < -0.3 is 10.1 Å². The van der Waals surface area contributed by atoms with Gasteiger partial charge in [-0.15, -0.1) is 0 Å². The maximum absolute atomic E-state index is 14.6. The average molecular weight is 472 g/mol. The molecule has 0 saturated heterocycles. The zero-order chi connectivity index (χ0) is 24.5. The molecule has 9 heteroatoms. The number of nitrogens with one attached hydrogen (secondary N) is 1. The minimum atomic E-state index is -0.286. The van der Waals surface area contributed by atoms with Gasteiger partial charge in [0.1, 0.15) is 23.5 Å². The Balaban J connectivity index is 0.00000124. The summed E-state index contributed by atoms with van der Waals surface area (Å²) in [5.41, 5.74) is 4.67. The van der Waals surface area contributed by atoms with E-state index in [4.69, 9.17) is 4.74 Å². The van der Waals surface area contributed by atoms with Gasteiger partial charge in [-0.2, -0.15) is 5.26 Å². The second-order valence-corrected chi connectivity index (χ2v) is 8.38. The van der Waals surface area contributed by atoms with E-state index in [1.807, 2.05) is 27.0 Å². The number of fused-ring (bicyclic) bond motifs is 2. The lowest BCUT2D eigenvalue weighted by Crippen LogP contribution is -2.10. The summed E-state index contributed by atoms with van der Waals surface area (Å²) < 4.78 is 21.8. The van der Waals surface area contributed by atoms with Gasteiger partial charge in [0.25, 0.3) is 0 Å². The minimum absolute atomic E-state index is 0.234. The molecule has 0 spiro atoms. The highest BCUT2D eigenvalue weighted by Crippen LogP contribution is 2.39. The Bertz CT molecular complexity index is 1450. The molecular formula is C26H26FN7O. The van der Waals surface area contributed by atoms with Crippen molar-refractivity contribution < 1.29 is 9.13 Å². The molecule has 0 unspecified atom stereocenters. The second kappa shape index (κ2) is 9.29. The van der Waals surface area contributed by atoms with E-state index in [1.165, 1.54) is 6.07 Å². The molecule has 35 heavy (non-hydrogen) atoms. The highest BCUT2D eigenvalue weighted by molar-refractivity contribution is 5.79. The maximum Gasteiger partial charge on any atom is 0.208 e. The minimum Gasteiger partial charge on any atom is -0.493 e. The second-order valence-electron chi connectivity index (χ2n) is 8.38. The highest BCUT2D eigenvalue weighted by Gasteiger charge is 2.27. The van der Waals surface area contributed by atoms with Crippen molar-refractivity contribution in [2.75, 3.05) is 11.9 Å². The monoisotopic (exact) mass is 471 g/mol. The first kappa shape index (κ1) is 22.7. The third-order valence-electron chi connectivity index (χ3n) is 6.20. The Kier molecular flexibility index (Phi) is 6.03. The van der Waals surface area contributed by atoms with E-state index in [1.54, 1.807) is 22.9 Å². The molecule has 1 aromatic carbocycles. The van der Waals surface area contributed by atoms with Gasteiger partial charge in [-0.05, 0) is 31.9 Å². The van der Waals surface area contributed by atoms with Crippen molar-refractivity contribution in [1.29, 1.82) is 5.26 Å². The highest BCUT2D eigenvalue weighted by atomic mass is 19.1. The number of benzene rings is 1. The third-order valence-corrected chi connectivity index (χ3v) is 6.20. The zero-order valence-electron chi connectivity index (χ0n) is 20.0. The van der Waals surface area contributed by atoms with Gasteiger partial charge in [0.05, 0.1) is 12.8 Å². The topological polar surface area (TPSA) is 101 Å². The van der Waals surface area contributed by atoms with E-state index in [-0.39, 0.29) is 18.1 Å². The molecule has 6 rings (SSSR count). The number of anilines is 1. The molecule has 4 heterocycles. The van der Waals surface area contributed by atoms with E-state index < -0.39 is 0 Å². The van der Waals surface area contributed by atoms with Gasteiger partial charge in [0, 0.05) is 59.2 Å². The number of ether oxygens (including phenoxy) is 1. The summed E-state index contributed by atoms with van der Waals surface area (Å²) >= 11 is 0. The van der Waals surface area contributed by atoms with Crippen LogP contribution < -0.4 is 10.1 Å². The largest absolute Gasteiger partial charge is 0.493 e. The summed E-state index contributed by atoms with van der Waals surface area (Å²) in [6, 6.07) is 5.18. The predicted octanol–water partition coefficient (Wildman–Crippen LogP) is 4.96. The number of nitriles is 1. The van der Waals surface area contributed by atoms with E-state index in [2.05, 4.69) is 31.3 Å². The molecule has 4 aromatic rings. The molecule has 178 valence electrons. The number of hydrogen-bond donors (Lipinski definition) is 1. The van der Waals surface area contributed by atoms with Gasteiger partial charge in [-0.25, -0.2) is 24.3 Å². The molecule has 0 amide bonds. The quantitative estimate of drug-likeness (QED) is 0.439. The molecule has 0 bridgehead atoms. The van der Waals surface area contributed by atoms with Crippen molar-refractivity contribution in [1.82, 2.24) is 24.3 Å². The SMILES string of the molecule is CC.Cc1nc(C2CC2)ncc1-c1cnc(NCc2c(F)ccc3c2CCO3)n2cc(C#N)nc12. The number of halogens is 1. The van der Waals surface area contributed by atoms with Crippen molar-refractivity contribution in [3.05, 3.63) is 64.9 Å². The van der Waals surface area contributed by atoms with Crippen LogP contribution in [0, 0.1) is 24.1 Å². The zero-order valence-corrected chi connectivity index (χ0v) is 20.0. The van der Waals surface area contributed by atoms with Gasteiger partial charge in [-0.3, -0.25) is 4.40 Å². The Morgan fingerprint density at radius 3 is 2.71 bits per heavy atom. The van der Waals surface area contributed by atoms with Crippen LogP contribution in [-0.4, -0.2) is 30.9 Å². The first-order chi connectivity index (χ1) is 17.1. The number of hydrogen-bond acceptors (Lipinski definition) is 7. The van der Waals surface area contributed by atoms with Crippen molar-refractivity contribution >= 4 is 11.6 Å². The molecule has 1 aliphatic carbocycles. The number of nitrogens with zero attached hydrogens (tertiary/aromatic N) is 6. The molecule has 1 fully saturated rings. The van der Waals surface area contributed by atoms with Crippen LogP contribution in [0.3, 0.4) is 0 Å². The normalized spacial score (nSPS) is 14.0. The Morgan fingerprint density at radius 1 is 1.17 bits per heavy atom. The van der Waals surface area contributed by atoms with Crippen molar-refractivity contribution in [3.8, 4) is 22.9 Å². The smallest absolute Gasteiger partial charge is 0.208 e. The fourth-order valence-electron chi connectivity index (χ4n) is 4.31. The fourth-order valence-corrected chi connectivity index (χ4v) is 4.31. The van der Waals surface area contributed by atoms with Crippen LogP contribution >= 0.6 is 0 Å². The van der Waals surface area contributed by atoms with Gasteiger partial charge in [0.15, 0.2) is 11.3 Å². The van der Waals surface area contributed by atoms with Crippen LogP contribution in [0.1, 0.15) is 60.9 Å². The van der Waals surface area contributed by atoms with Crippen LogP contribution in [0.25, 0.3) is 16.8 Å². The summed E-state index contributed by atoms with van der Waals surface area (Å²) in [4.78, 5) is 18.3. The molecule has 0 atom stereocenters. The van der Waals surface area contributed by atoms with Crippen molar-refractivity contribution in [2.24, 2.45) is 0 Å². The number of aromatic nitrogens is 5. The predicted molar refractivity (Wildman–Crippen MR) is 130 cm³/mol.